The van der Waals surface area contributed by atoms with Crippen LogP contribution >= 0.6 is 0 Å². The van der Waals surface area contributed by atoms with E-state index in [2.05, 4.69) is 43.4 Å². The molecule has 1 atom stereocenters. The second kappa shape index (κ2) is 9.42. The lowest BCUT2D eigenvalue weighted by Crippen LogP contribution is -2.27. The molecule has 0 heterocycles. The Morgan fingerprint density at radius 1 is 0.885 bits per heavy atom. The van der Waals surface area contributed by atoms with Crippen LogP contribution in [0.15, 0.2) is 48.5 Å². The highest BCUT2D eigenvalue weighted by molar-refractivity contribution is 5.83. The Morgan fingerprint density at radius 3 is 2.00 bits per heavy atom. The van der Waals surface area contributed by atoms with E-state index in [1.165, 1.54) is 5.56 Å². The number of carbonyl (C=O) groups is 1. The monoisotopic (exact) mass is 353 g/mol. The Bertz CT molecular complexity index is 687. The molecule has 0 aromatic heterocycles. The van der Waals surface area contributed by atoms with Crippen molar-refractivity contribution in [3.8, 4) is 5.75 Å². The summed E-state index contributed by atoms with van der Waals surface area (Å²) in [7, 11) is 0. The SMILES string of the molecule is CC(C)Cc1ccc(C(C)C(=O)NCc2ccc(OC(C)C)cc2)cc1. The van der Waals surface area contributed by atoms with Gasteiger partial charge in [0.2, 0.25) is 5.91 Å². The fourth-order valence-corrected chi connectivity index (χ4v) is 2.87. The molecule has 0 aliphatic heterocycles. The van der Waals surface area contributed by atoms with Crippen LogP contribution in [0.5, 0.6) is 5.75 Å². The maximum absolute atomic E-state index is 12.5. The number of benzene rings is 2. The maximum atomic E-state index is 12.5. The average molecular weight is 354 g/mol. The average Bonchev–Trinajstić information content (AvgIpc) is 2.60. The molecule has 0 aliphatic carbocycles. The number of rotatable bonds is 8. The minimum absolute atomic E-state index is 0.0455. The van der Waals surface area contributed by atoms with Crippen molar-refractivity contribution >= 4 is 5.91 Å². The predicted molar refractivity (Wildman–Crippen MR) is 107 cm³/mol. The zero-order valence-electron chi connectivity index (χ0n) is 16.6. The zero-order valence-corrected chi connectivity index (χ0v) is 16.6. The summed E-state index contributed by atoms with van der Waals surface area (Å²) in [5.74, 6) is 1.37. The molecule has 0 radical (unpaired) electrons. The molecule has 0 spiro atoms. The van der Waals surface area contributed by atoms with Gasteiger partial charge >= 0.3 is 0 Å². The zero-order chi connectivity index (χ0) is 19.1. The van der Waals surface area contributed by atoms with Crippen molar-refractivity contribution in [1.82, 2.24) is 5.32 Å². The molecule has 0 bridgehead atoms. The lowest BCUT2D eigenvalue weighted by molar-refractivity contribution is -0.122. The molecule has 140 valence electrons. The number of hydrogen-bond acceptors (Lipinski definition) is 2. The Kier molecular flexibility index (Phi) is 7.26. The molecule has 1 unspecified atom stereocenters. The van der Waals surface area contributed by atoms with E-state index in [0.29, 0.717) is 12.5 Å². The number of ether oxygens (including phenoxy) is 1. The highest BCUT2D eigenvalue weighted by atomic mass is 16.5. The van der Waals surface area contributed by atoms with Crippen molar-refractivity contribution in [3.63, 3.8) is 0 Å². The Labute approximate surface area is 157 Å². The van der Waals surface area contributed by atoms with Crippen LogP contribution in [0, 0.1) is 5.92 Å². The molecule has 2 aromatic rings. The second-order valence-electron chi connectivity index (χ2n) is 7.59. The molecule has 3 nitrogen and oxygen atoms in total. The van der Waals surface area contributed by atoms with Gasteiger partial charge in [0, 0.05) is 6.54 Å². The predicted octanol–water partition coefficient (Wildman–Crippen LogP) is 5.09. The molecule has 3 heteroatoms. The highest BCUT2D eigenvalue weighted by Gasteiger charge is 2.15. The van der Waals surface area contributed by atoms with Crippen LogP contribution in [0.25, 0.3) is 0 Å². The normalized spacial score (nSPS) is 12.3. The summed E-state index contributed by atoms with van der Waals surface area (Å²) in [4.78, 5) is 12.5. The summed E-state index contributed by atoms with van der Waals surface area (Å²) < 4.78 is 5.64. The summed E-state index contributed by atoms with van der Waals surface area (Å²) in [6.07, 6.45) is 1.23. The number of hydrogen-bond donors (Lipinski definition) is 1. The van der Waals surface area contributed by atoms with Crippen molar-refractivity contribution in [2.45, 2.75) is 59.6 Å². The van der Waals surface area contributed by atoms with E-state index in [-0.39, 0.29) is 17.9 Å². The summed E-state index contributed by atoms with van der Waals surface area (Å²) in [5.41, 5.74) is 3.43. The van der Waals surface area contributed by atoms with Crippen molar-refractivity contribution in [3.05, 3.63) is 65.2 Å². The smallest absolute Gasteiger partial charge is 0.227 e. The molecule has 1 N–H and O–H groups in total. The second-order valence-corrected chi connectivity index (χ2v) is 7.59. The van der Waals surface area contributed by atoms with Gasteiger partial charge in [-0.2, -0.15) is 0 Å². The topological polar surface area (TPSA) is 38.3 Å². The molecule has 2 rings (SSSR count). The first-order chi connectivity index (χ1) is 12.3. The van der Waals surface area contributed by atoms with E-state index in [1.54, 1.807) is 0 Å². The lowest BCUT2D eigenvalue weighted by atomic mass is 9.96. The first kappa shape index (κ1) is 20.0. The molecule has 2 aromatic carbocycles. The van der Waals surface area contributed by atoms with E-state index in [0.717, 1.165) is 23.3 Å². The summed E-state index contributed by atoms with van der Waals surface area (Å²) >= 11 is 0. The number of amides is 1. The van der Waals surface area contributed by atoms with E-state index in [4.69, 9.17) is 4.74 Å². The molecule has 26 heavy (non-hydrogen) atoms. The van der Waals surface area contributed by atoms with Gasteiger partial charge < -0.3 is 10.1 Å². The van der Waals surface area contributed by atoms with Gasteiger partial charge in [0.25, 0.3) is 0 Å². The first-order valence-corrected chi connectivity index (χ1v) is 9.47. The number of nitrogens with one attached hydrogen (secondary N) is 1. The fourth-order valence-electron chi connectivity index (χ4n) is 2.87. The molecule has 0 saturated heterocycles. The lowest BCUT2D eigenvalue weighted by Gasteiger charge is -2.14. The van der Waals surface area contributed by atoms with Crippen LogP contribution in [0.4, 0.5) is 0 Å². The van der Waals surface area contributed by atoms with Crippen LogP contribution in [-0.2, 0) is 17.8 Å². The Balaban J connectivity index is 1.88. The summed E-state index contributed by atoms with van der Waals surface area (Å²) in [6, 6.07) is 16.3. The van der Waals surface area contributed by atoms with Gasteiger partial charge in [-0.1, -0.05) is 50.2 Å². The van der Waals surface area contributed by atoms with Crippen LogP contribution in [0.3, 0.4) is 0 Å². The first-order valence-electron chi connectivity index (χ1n) is 9.47. The molecule has 0 aliphatic rings. The molecular weight excluding hydrogens is 322 g/mol. The van der Waals surface area contributed by atoms with Gasteiger partial charge in [-0.25, -0.2) is 0 Å². The minimum Gasteiger partial charge on any atom is -0.491 e. The van der Waals surface area contributed by atoms with Crippen LogP contribution in [0.2, 0.25) is 0 Å². The van der Waals surface area contributed by atoms with Gasteiger partial charge in [0.15, 0.2) is 0 Å². The fraction of sp³-hybridized carbons (Fsp3) is 0.435. The largest absolute Gasteiger partial charge is 0.491 e. The maximum Gasteiger partial charge on any atom is 0.227 e. The van der Waals surface area contributed by atoms with Crippen LogP contribution in [0.1, 0.15) is 57.2 Å². The van der Waals surface area contributed by atoms with Gasteiger partial charge in [0.05, 0.1) is 12.0 Å². The Morgan fingerprint density at radius 2 is 1.46 bits per heavy atom. The third-order valence-corrected chi connectivity index (χ3v) is 4.28. The Hall–Kier alpha value is -2.29. The van der Waals surface area contributed by atoms with Gasteiger partial charge in [-0.3, -0.25) is 4.79 Å². The third-order valence-electron chi connectivity index (χ3n) is 4.28. The van der Waals surface area contributed by atoms with Crippen molar-refractivity contribution in [2.75, 3.05) is 0 Å². The van der Waals surface area contributed by atoms with Gasteiger partial charge in [-0.05, 0) is 61.9 Å². The standard InChI is InChI=1S/C23H31NO2/c1-16(2)14-19-6-10-21(11-7-19)18(5)23(25)24-15-20-8-12-22(13-9-20)26-17(3)4/h6-13,16-18H,14-15H2,1-5H3,(H,24,25). The molecule has 0 fully saturated rings. The quantitative estimate of drug-likeness (QED) is 0.717. The van der Waals surface area contributed by atoms with Gasteiger partial charge in [-0.15, -0.1) is 0 Å². The van der Waals surface area contributed by atoms with E-state index in [9.17, 15) is 4.79 Å². The van der Waals surface area contributed by atoms with E-state index < -0.39 is 0 Å². The summed E-state index contributed by atoms with van der Waals surface area (Å²) in [5, 5.41) is 3.02. The molecule has 0 saturated carbocycles. The number of carbonyl (C=O) groups excluding carboxylic acids is 1. The van der Waals surface area contributed by atoms with E-state index in [1.807, 2.05) is 45.0 Å². The third kappa shape index (κ3) is 6.21. The van der Waals surface area contributed by atoms with Crippen LogP contribution < -0.4 is 10.1 Å². The van der Waals surface area contributed by atoms with Crippen molar-refractivity contribution in [1.29, 1.82) is 0 Å². The molecule has 1 amide bonds. The minimum atomic E-state index is -0.161. The van der Waals surface area contributed by atoms with Crippen LogP contribution in [-0.4, -0.2) is 12.0 Å². The van der Waals surface area contributed by atoms with Gasteiger partial charge in [0.1, 0.15) is 5.75 Å². The summed E-state index contributed by atoms with van der Waals surface area (Å²) in [6.45, 7) is 10.9. The van der Waals surface area contributed by atoms with Crippen molar-refractivity contribution < 1.29 is 9.53 Å². The van der Waals surface area contributed by atoms with E-state index >= 15 is 0 Å². The highest BCUT2D eigenvalue weighted by Crippen LogP contribution is 2.18. The molecular formula is C23H31NO2. The van der Waals surface area contributed by atoms with Crippen molar-refractivity contribution in [2.24, 2.45) is 5.92 Å².